The molecule has 0 unspecified atom stereocenters. The molecule has 1 aliphatic rings. The van der Waals surface area contributed by atoms with Gasteiger partial charge >= 0.3 is 0 Å². The van der Waals surface area contributed by atoms with Gasteiger partial charge in [-0.1, -0.05) is 6.07 Å². The van der Waals surface area contributed by atoms with Gasteiger partial charge in [-0.2, -0.15) is 0 Å². The first kappa shape index (κ1) is 8.49. The first-order valence-electron chi connectivity index (χ1n) is 4.49. The van der Waals surface area contributed by atoms with Gasteiger partial charge in [0.05, 0.1) is 12.3 Å². The number of epoxide rings is 1. The van der Waals surface area contributed by atoms with E-state index >= 15 is 0 Å². The van der Waals surface area contributed by atoms with Gasteiger partial charge in [-0.05, 0) is 16.5 Å². The van der Waals surface area contributed by atoms with Gasteiger partial charge < -0.3 is 4.74 Å². The molecule has 0 radical (unpaired) electrons. The van der Waals surface area contributed by atoms with Gasteiger partial charge in [0, 0.05) is 11.6 Å². The molecule has 0 bridgehead atoms. The lowest BCUT2D eigenvalue weighted by molar-refractivity contribution is 0.408. The highest BCUT2D eigenvalue weighted by atomic mass is 19.1. The van der Waals surface area contributed by atoms with Gasteiger partial charge in [0.25, 0.3) is 0 Å². The van der Waals surface area contributed by atoms with E-state index in [1.54, 1.807) is 12.1 Å². The Morgan fingerprint density at radius 1 is 1.47 bits per heavy atom. The van der Waals surface area contributed by atoms with Crippen molar-refractivity contribution in [3.8, 4) is 5.69 Å². The van der Waals surface area contributed by atoms with Crippen molar-refractivity contribution in [2.24, 2.45) is 0 Å². The maximum Gasteiger partial charge on any atom is 0.143 e. The van der Waals surface area contributed by atoms with Crippen LogP contribution in [0.25, 0.3) is 5.69 Å². The maximum atomic E-state index is 13.6. The minimum atomic E-state index is -0.287. The molecule has 1 aromatic heterocycles. The van der Waals surface area contributed by atoms with E-state index in [2.05, 4.69) is 15.5 Å². The number of hydrogen-bond donors (Lipinski definition) is 0. The molecule has 0 N–H and O–H groups in total. The molecule has 3 rings (SSSR count). The van der Waals surface area contributed by atoms with Crippen LogP contribution in [0.2, 0.25) is 0 Å². The van der Waals surface area contributed by atoms with Crippen LogP contribution < -0.4 is 0 Å². The van der Waals surface area contributed by atoms with Crippen LogP contribution >= 0.6 is 0 Å². The average molecular weight is 206 g/mol. The predicted molar refractivity (Wildman–Crippen MR) is 47.8 cm³/mol. The molecule has 0 amide bonds. The summed E-state index contributed by atoms with van der Waals surface area (Å²) in [6, 6.07) is 4.86. The van der Waals surface area contributed by atoms with Crippen molar-refractivity contribution < 1.29 is 9.13 Å². The van der Waals surface area contributed by atoms with Gasteiger partial charge in [-0.25, -0.2) is 9.07 Å². The zero-order valence-corrected chi connectivity index (χ0v) is 7.67. The van der Waals surface area contributed by atoms with E-state index in [1.165, 1.54) is 17.1 Å². The molecule has 2 heterocycles. The van der Waals surface area contributed by atoms with E-state index in [9.17, 15) is 4.39 Å². The Morgan fingerprint density at radius 2 is 2.33 bits per heavy atom. The van der Waals surface area contributed by atoms with Crippen LogP contribution in [-0.4, -0.2) is 26.8 Å². The maximum absolute atomic E-state index is 13.6. The fourth-order valence-electron chi connectivity index (χ4n) is 1.43. The summed E-state index contributed by atoms with van der Waals surface area (Å²) >= 11 is 0. The quantitative estimate of drug-likeness (QED) is 0.684. The summed E-state index contributed by atoms with van der Waals surface area (Å²) in [5.74, 6) is -0.287. The molecule has 0 saturated carbocycles. The number of benzene rings is 1. The molecule has 1 aromatic carbocycles. The number of halogens is 1. The summed E-state index contributed by atoms with van der Waals surface area (Å²) in [4.78, 5) is 0. The fraction of sp³-hybridized carbons (Fsp3) is 0.222. The minimum absolute atomic E-state index is 0.0760. The molecule has 2 aromatic rings. The summed E-state index contributed by atoms with van der Waals surface area (Å²) in [6.07, 6.45) is 1.34. The lowest BCUT2D eigenvalue weighted by atomic mass is 10.1. The average Bonchev–Trinajstić information content (AvgIpc) is 2.93. The van der Waals surface area contributed by atoms with Crippen molar-refractivity contribution in [2.75, 3.05) is 6.61 Å². The third-order valence-corrected chi connectivity index (χ3v) is 2.28. The number of rotatable bonds is 2. The monoisotopic (exact) mass is 206 g/mol. The van der Waals surface area contributed by atoms with Gasteiger partial charge in [0.15, 0.2) is 0 Å². The van der Waals surface area contributed by atoms with E-state index in [0.717, 1.165) is 0 Å². The zero-order chi connectivity index (χ0) is 10.3. The van der Waals surface area contributed by atoms with E-state index in [0.29, 0.717) is 17.9 Å². The molecule has 15 heavy (non-hydrogen) atoms. The second-order valence-electron chi connectivity index (χ2n) is 3.28. The van der Waals surface area contributed by atoms with Crippen LogP contribution in [0, 0.1) is 5.82 Å². The smallest absolute Gasteiger partial charge is 0.143 e. The molecule has 1 saturated heterocycles. The summed E-state index contributed by atoms with van der Waals surface area (Å²) in [7, 11) is 0. The molecule has 1 fully saturated rings. The third-order valence-electron chi connectivity index (χ3n) is 2.28. The lowest BCUT2D eigenvalue weighted by Gasteiger charge is -2.02. The van der Waals surface area contributed by atoms with Crippen molar-refractivity contribution in [1.29, 1.82) is 0 Å². The summed E-state index contributed by atoms with van der Waals surface area (Å²) in [6.45, 7) is 0.598. The van der Waals surface area contributed by atoms with Crippen LogP contribution in [0.1, 0.15) is 11.7 Å². The van der Waals surface area contributed by atoms with Gasteiger partial charge in [0.1, 0.15) is 18.2 Å². The second-order valence-corrected chi connectivity index (χ2v) is 3.28. The number of hydrogen-bond acceptors (Lipinski definition) is 4. The van der Waals surface area contributed by atoms with Gasteiger partial charge in [-0.15, -0.1) is 5.10 Å². The van der Waals surface area contributed by atoms with Crippen molar-refractivity contribution >= 4 is 0 Å². The van der Waals surface area contributed by atoms with E-state index in [-0.39, 0.29) is 11.9 Å². The SMILES string of the molecule is Fc1cc(-n2cnnn2)ccc1[C@@H]1CO1. The number of ether oxygens (including phenoxy) is 1. The van der Waals surface area contributed by atoms with Crippen LogP contribution in [0.3, 0.4) is 0 Å². The Bertz CT molecular complexity index is 481. The topological polar surface area (TPSA) is 56.1 Å². The molecular weight excluding hydrogens is 199 g/mol. The largest absolute Gasteiger partial charge is 0.368 e. The van der Waals surface area contributed by atoms with Crippen LogP contribution in [0.5, 0.6) is 0 Å². The standard InChI is InChI=1S/C9H7FN4O/c10-8-3-6(14-5-11-12-13-14)1-2-7(8)9-4-15-9/h1-3,5,9H,4H2/t9-/m0/s1. The van der Waals surface area contributed by atoms with E-state index < -0.39 is 0 Å². The Labute approximate surface area is 84.5 Å². The Hall–Kier alpha value is -1.82. The molecule has 0 spiro atoms. The molecule has 1 aliphatic heterocycles. The Balaban J connectivity index is 2.01. The third kappa shape index (κ3) is 1.48. The molecule has 76 valence electrons. The number of tetrazole rings is 1. The van der Waals surface area contributed by atoms with Gasteiger partial charge in [0.2, 0.25) is 0 Å². The van der Waals surface area contributed by atoms with Gasteiger partial charge in [-0.3, -0.25) is 0 Å². The lowest BCUT2D eigenvalue weighted by Crippen LogP contribution is -1.97. The van der Waals surface area contributed by atoms with E-state index in [4.69, 9.17) is 4.74 Å². The molecule has 1 atom stereocenters. The van der Waals surface area contributed by atoms with Crippen molar-refractivity contribution in [1.82, 2.24) is 20.2 Å². The van der Waals surface area contributed by atoms with Crippen molar-refractivity contribution in [2.45, 2.75) is 6.10 Å². The Kier molecular flexibility index (Phi) is 1.75. The van der Waals surface area contributed by atoms with Crippen molar-refractivity contribution in [3.05, 3.63) is 35.9 Å². The van der Waals surface area contributed by atoms with Crippen LogP contribution in [-0.2, 0) is 4.74 Å². The van der Waals surface area contributed by atoms with Crippen molar-refractivity contribution in [3.63, 3.8) is 0 Å². The highest BCUT2D eigenvalue weighted by Crippen LogP contribution is 2.32. The number of nitrogens with zero attached hydrogens (tertiary/aromatic N) is 4. The van der Waals surface area contributed by atoms with Crippen LogP contribution in [0.15, 0.2) is 24.5 Å². The molecular formula is C9H7FN4O. The van der Waals surface area contributed by atoms with Crippen LogP contribution in [0.4, 0.5) is 4.39 Å². The highest BCUT2D eigenvalue weighted by Gasteiger charge is 2.27. The normalized spacial score (nSPS) is 19.1. The summed E-state index contributed by atoms with van der Waals surface area (Å²) in [5.41, 5.74) is 1.19. The minimum Gasteiger partial charge on any atom is -0.368 e. The summed E-state index contributed by atoms with van der Waals surface area (Å²) in [5, 5.41) is 10.6. The highest BCUT2D eigenvalue weighted by molar-refractivity contribution is 5.36. The Morgan fingerprint density at radius 3 is 2.93 bits per heavy atom. The zero-order valence-electron chi connectivity index (χ0n) is 7.67. The van der Waals surface area contributed by atoms with E-state index in [1.807, 2.05) is 0 Å². The first-order chi connectivity index (χ1) is 7.34. The first-order valence-corrected chi connectivity index (χ1v) is 4.49. The fourth-order valence-corrected chi connectivity index (χ4v) is 1.43. The molecule has 6 heteroatoms. The summed E-state index contributed by atoms with van der Waals surface area (Å²) < 4.78 is 20.0. The predicted octanol–water partition coefficient (Wildman–Crippen LogP) is 0.873. The second kappa shape index (κ2) is 3.09. The number of aromatic nitrogens is 4. The molecule has 0 aliphatic carbocycles. The molecule has 5 nitrogen and oxygen atoms in total.